The first kappa shape index (κ1) is 13.3. The molecule has 5 heteroatoms. The zero-order chi connectivity index (χ0) is 14.7. The molecule has 0 aliphatic carbocycles. The van der Waals surface area contributed by atoms with Crippen molar-refractivity contribution in [3.63, 3.8) is 0 Å². The van der Waals surface area contributed by atoms with Gasteiger partial charge in [0.05, 0.1) is 12.3 Å². The van der Waals surface area contributed by atoms with Crippen LogP contribution in [0.1, 0.15) is 12.5 Å². The van der Waals surface area contributed by atoms with Crippen molar-refractivity contribution in [1.29, 1.82) is 0 Å². The van der Waals surface area contributed by atoms with Crippen LogP contribution in [0.2, 0.25) is 0 Å². The van der Waals surface area contributed by atoms with Crippen LogP contribution in [-0.2, 0) is 0 Å². The van der Waals surface area contributed by atoms with E-state index in [2.05, 4.69) is 15.4 Å². The Morgan fingerprint density at radius 3 is 2.38 bits per heavy atom. The average Bonchev–Trinajstić information content (AvgIpc) is 2.99. The van der Waals surface area contributed by atoms with E-state index < -0.39 is 0 Å². The maximum Gasteiger partial charge on any atom is 0.205 e. The molecule has 21 heavy (non-hydrogen) atoms. The van der Waals surface area contributed by atoms with Crippen LogP contribution in [0.15, 0.2) is 48.5 Å². The van der Waals surface area contributed by atoms with E-state index in [1.165, 1.54) is 10.4 Å². The molecule has 1 aromatic heterocycles. The summed E-state index contributed by atoms with van der Waals surface area (Å²) in [6, 6.07) is 15.7. The van der Waals surface area contributed by atoms with Gasteiger partial charge in [0, 0.05) is 5.56 Å². The summed E-state index contributed by atoms with van der Waals surface area (Å²) in [6.45, 7) is 4.66. The summed E-state index contributed by atoms with van der Waals surface area (Å²) in [7, 11) is 0. The summed E-state index contributed by atoms with van der Waals surface area (Å²) in [5.41, 5.74) is 3.01. The molecule has 0 atom stereocenters. The van der Waals surface area contributed by atoms with Gasteiger partial charge >= 0.3 is 0 Å². The monoisotopic (exact) mass is 280 g/mol. The molecular formula is C16H16N4O. The Balaban J connectivity index is 1.85. The van der Waals surface area contributed by atoms with Gasteiger partial charge in [0.15, 0.2) is 0 Å². The van der Waals surface area contributed by atoms with Gasteiger partial charge in [-0.3, -0.25) is 0 Å². The summed E-state index contributed by atoms with van der Waals surface area (Å²) in [5, 5.41) is 12.6. The van der Waals surface area contributed by atoms with Gasteiger partial charge in [-0.15, -0.1) is 15.0 Å². The molecule has 0 spiro atoms. The Morgan fingerprint density at radius 2 is 1.71 bits per heavy atom. The van der Waals surface area contributed by atoms with Crippen molar-refractivity contribution >= 4 is 0 Å². The van der Waals surface area contributed by atoms with E-state index in [1.807, 2.05) is 62.4 Å². The second kappa shape index (κ2) is 5.75. The summed E-state index contributed by atoms with van der Waals surface area (Å²) in [6.07, 6.45) is 0. The molecule has 1 heterocycles. The minimum absolute atomic E-state index is 0.596. The highest BCUT2D eigenvalue weighted by atomic mass is 16.5. The van der Waals surface area contributed by atoms with Crippen molar-refractivity contribution in [3.05, 3.63) is 54.1 Å². The van der Waals surface area contributed by atoms with Gasteiger partial charge < -0.3 is 4.74 Å². The largest absolute Gasteiger partial charge is 0.494 e. The molecule has 0 saturated carbocycles. The van der Waals surface area contributed by atoms with E-state index in [9.17, 15) is 0 Å². The van der Waals surface area contributed by atoms with Crippen LogP contribution in [-0.4, -0.2) is 26.8 Å². The molecule has 0 bridgehead atoms. The molecule has 0 amide bonds. The molecule has 3 aromatic rings. The van der Waals surface area contributed by atoms with Gasteiger partial charge in [0.1, 0.15) is 5.75 Å². The van der Waals surface area contributed by atoms with Gasteiger partial charge in [-0.05, 0) is 55.5 Å². The minimum atomic E-state index is 0.596. The van der Waals surface area contributed by atoms with E-state index in [1.54, 1.807) is 0 Å². The molecule has 0 aliphatic rings. The average molecular weight is 280 g/mol. The number of tetrazole rings is 1. The van der Waals surface area contributed by atoms with Crippen LogP contribution in [0.25, 0.3) is 17.1 Å². The van der Waals surface area contributed by atoms with Crippen LogP contribution < -0.4 is 4.74 Å². The van der Waals surface area contributed by atoms with Crippen LogP contribution in [0.5, 0.6) is 5.75 Å². The standard InChI is InChI=1S/C16H16N4O/c1-3-21-15-10-6-13(7-11-15)16-17-19-20(18-16)14-8-4-12(2)5-9-14/h4-11H,3H2,1-2H3. The number of nitrogens with zero attached hydrogens (tertiary/aromatic N) is 4. The van der Waals surface area contributed by atoms with E-state index in [4.69, 9.17) is 4.74 Å². The molecule has 0 N–H and O–H groups in total. The number of aromatic nitrogens is 4. The fourth-order valence-electron chi connectivity index (χ4n) is 1.98. The number of hydrogen-bond donors (Lipinski definition) is 0. The maximum absolute atomic E-state index is 5.42. The normalized spacial score (nSPS) is 10.6. The molecular weight excluding hydrogens is 264 g/mol. The first-order chi connectivity index (χ1) is 10.3. The number of rotatable bonds is 4. The Morgan fingerprint density at radius 1 is 1.00 bits per heavy atom. The predicted molar refractivity (Wildman–Crippen MR) is 80.5 cm³/mol. The molecule has 0 aliphatic heterocycles. The topological polar surface area (TPSA) is 52.8 Å². The first-order valence-electron chi connectivity index (χ1n) is 6.86. The molecule has 0 unspecified atom stereocenters. The third-order valence-electron chi connectivity index (χ3n) is 3.10. The fraction of sp³-hybridized carbons (Fsp3) is 0.188. The second-order valence-corrected chi connectivity index (χ2v) is 4.70. The van der Waals surface area contributed by atoms with E-state index in [0.29, 0.717) is 12.4 Å². The lowest BCUT2D eigenvalue weighted by Crippen LogP contribution is -1.98. The lowest BCUT2D eigenvalue weighted by molar-refractivity contribution is 0.340. The van der Waals surface area contributed by atoms with Gasteiger partial charge in [0.25, 0.3) is 0 Å². The van der Waals surface area contributed by atoms with Crippen LogP contribution in [0.3, 0.4) is 0 Å². The summed E-state index contributed by atoms with van der Waals surface area (Å²) in [4.78, 5) is 1.53. The van der Waals surface area contributed by atoms with Crippen molar-refractivity contribution in [1.82, 2.24) is 20.2 Å². The Hall–Kier alpha value is -2.69. The highest BCUT2D eigenvalue weighted by molar-refractivity contribution is 5.55. The van der Waals surface area contributed by atoms with Crippen LogP contribution in [0, 0.1) is 6.92 Å². The van der Waals surface area contributed by atoms with Crippen molar-refractivity contribution in [3.8, 4) is 22.8 Å². The van der Waals surface area contributed by atoms with E-state index in [0.717, 1.165) is 17.0 Å². The van der Waals surface area contributed by atoms with Gasteiger partial charge in [-0.2, -0.15) is 0 Å². The lowest BCUT2D eigenvalue weighted by atomic mass is 10.2. The molecule has 5 nitrogen and oxygen atoms in total. The molecule has 2 aromatic carbocycles. The highest BCUT2D eigenvalue weighted by Crippen LogP contribution is 2.19. The van der Waals surface area contributed by atoms with Gasteiger partial charge in [-0.25, -0.2) is 0 Å². The summed E-state index contributed by atoms with van der Waals surface area (Å²) >= 11 is 0. The Kier molecular flexibility index (Phi) is 3.64. The third kappa shape index (κ3) is 2.91. The third-order valence-corrected chi connectivity index (χ3v) is 3.10. The van der Waals surface area contributed by atoms with Crippen molar-refractivity contribution in [2.75, 3.05) is 6.61 Å². The molecule has 106 valence electrons. The Bertz CT molecular complexity index is 717. The first-order valence-corrected chi connectivity index (χ1v) is 6.86. The molecule has 3 rings (SSSR count). The quantitative estimate of drug-likeness (QED) is 0.737. The van der Waals surface area contributed by atoms with Crippen LogP contribution >= 0.6 is 0 Å². The number of hydrogen-bond acceptors (Lipinski definition) is 4. The van der Waals surface area contributed by atoms with E-state index >= 15 is 0 Å². The summed E-state index contributed by atoms with van der Waals surface area (Å²) in [5.74, 6) is 1.44. The van der Waals surface area contributed by atoms with Crippen LogP contribution in [0.4, 0.5) is 0 Å². The van der Waals surface area contributed by atoms with Crippen molar-refractivity contribution in [2.24, 2.45) is 0 Å². The van der Waals surface area contributed by atoms with E-state index in [-0.39, 0.29) is 0 Å². The van der Waals surface area contributed by atoms with Gasteiger partial charge in [-0.1, -0.05) is 17.7 Å². The van der Waals surface area contributed by atoms with Crippen molar-refractivity contribution in [2.45, 2.75) is 13.8 Å². The fourth-order valence-corrected chi connectivity index (χ4v) is 1.98. The molecule has 0 radical (unpaired) electrons. The Labute approximate surface area is 123 Å². The number of ether oxygens (including phenoxy) is 1. The zero-order valence-corrected chi connectivity index (χ0v) is 12.0. The molecule has 0 saturated heterocycles. The molecule has 0 fully saturated rings. The maximum atomic E-state index is 5.42. The number of benzene rings is 2. The predicted octanol–water partition coefficient (Wildman–Crippen LogP) is 3.04. The van der Waals surface area contributed by atoms with Crippen molar-refractivity contribution < 1.29 is 4.74 Å². The SMILES string of the molecule is CCOc1ccc(-c2nnn(-c3ccc(C)cc3)n2)cc1. The number of aryl methyl sites for hydroxylation is 1. The smallest absolute Gasteiger partial charge is 0.205 e. The second-order valence-electron chi connectivity index (χ2n) is 4.70. The van der Waals surface area contributed by atoms with Gasteiger partial charge in [0.2, 0.25) is 5.82 Å². The zero-order valence-electron chi connectivity index (χ0n) is 12.0. The lowest BCUT2D eigenvalue weighted by Gasteiger charge is -2.02. The highest BCUT2D eigenvalue weighted by Gasteiger charge is 2.07. The minimum Gasteiger partial charge on any atom is -0.494 e. The summed E-state index contributed by atoms with van der Waals surface area (Å²) < 4.78 is 5.42.